The van der Waals surface area contributed by atoms with E-state index in [1.807, 2.05) is 44.6 Å². The van der Waals surface area contributed by atoms with Gasteiger partial charge in [-0.15, -0.1) is 0 Å². The van der Waals surface area contributed by atoms with Crippen LogP contribution in [0.25, 0.3) is 16.8 Å². The van der Waals surface area contributed by atoms with Crippen LogP contribution >= 0.6 is 0 Å². The summed E-state index contributed by atoms with van der Waals surface area (Å²) in [6.07, 6.45) is 7.27. The third kappa shape index (κ3) is 4.21. The highest BCUT2D eigenvalue weighted by Crippen LogP contribution is 2.23. The summed E-state index contributed by atoms with van der Waals surface area (Å²) in [6, 6.07) is 8.18. The summed E-state index contributed by atoms with van der Waals surface area (Å²) in [5, 5.41) is 7.91. The first-order valence-corrected chi connectivity index (χ1v) is 10.9. The van der Waals surface area contributed by atoms with Crippen molar-refractivity contribution in [2.24, 2.45) is 0 Å². The maximum Gasteiger partial charge on any atom is 0.241 e. The fourth-order valence-corrected chi connectivity index (χ4v) is 4.06. The highest BCUT2D eigenvalue weighted by molar-refractivity contribution is 5.82. The maximum atomic E-state index is 12.0. The molecule has 33 heavy (non-hydrogen) atoms. The Hall–Kier alpha value is -4.01. The fourth-order valence-electron chi connectivity index (χ4n) is 4.06. The molecule has 1 aliphatic rings. The minimum Gasteiger partial charge on any atom is -0.359 e. The van der Waals surface area contributed by atoms with Gasteiger partial charge in [0.25, 0.3) is 0 Å². The minimum absolute atomic E-state index is 0.117. The van der Waals surface area contributed by atoms with E-state index in [1.54, 1.807) is 21.8 Å². The normalized spacial score (nSPS) is 14.2. The van der Waals surface area contributed by atoms with E-state index in [2.05, 4.69) is 43.3 Å². The fraction of sp³-hybridized carbons (Fsp3) is 0.292. The van der Waals surface area contributed by atoms with Crippen molar-refractivity contribution in [2.75, 3.05) is 36.9 Å². The van der Waals surface area contributed by atoms with Gasteiger partial charge in [-0.2, -0.15) is 9.61 Å². The lowest BCUT2D eigenvalue weighted by Gasteiger charge is -2.33. The zero-order chi connectivity index (χ0) is 22.9. The van der Waals surface area contributed by atoms with Crippen LogP contribution in [0.3, 0.4) is 0 Å². The molecule has 0 radical (unpaired) electrons. The van der Waals surface area contributed by atoms with E-state index < -0.39 is 0 Å². The predicted molar refractivity (Wildman–Crippen MR) is 127 cm³/mol. The molecule has 0 spiro atoms. The Kier molecular flexibility index (Phi) is 5.37. The van der Waals surface area contributed by atoms with Crippen molar-refractivity contribution in [1.82, 2.24) is 29.5 Å². The predicted octanol–water partition coefficient (Wildman–Crippen LogP) is 2.69. The van der Waals surface area contributed by atoms with Crippen LogP contribution in [0.4, 0.5) is 11.6 Å². The number of pyridine rings is 2. The summed E-state index contributed by atoms with van der Waals surface area (Å²) in [5.74, 6) is 0.781. The van der Waals surface area contributed by atoms with Crippen molar-refractivity contribution >= 4 is 23.1 Å². The molecule has 9 heteroatoms. The lowest BCUT2D eigenvalue weighted by atomic mass is 10.1. The molecule has 1 fully saturated rings. The maximum absolute atomic E-state index is 12.0. The van der Waals surface area contributed by atoms with Gasteiger partial charge in [0.1, 0.15) is 0 Å². The van der Waals surface area contributed by atoms with E-state index in [0.29, 0.717) is 25.6 Å². The molecule has 1 N–H and O–H groups in total. The van der Waals surface area contributed by atoms with Crippen LogP contribution < -0.4 is 10.2 Å². The Balaban J connectivity index is 1.30. The molecule has 5 heterocycles. The van der Waals surface area contributed by atoms with Crippen LogP contribution in [0.15, 0.2) is 49.1 Å². The molecular formula is C24H26N8O. The largest absolute Gasteiger partial charge is 0.359 e. The van der Waals surface area contributed by atoms with Crippen molar-refractivity contribution in [1.29, 1.82) is 0 Å². The number of carbonyl (C=O) groups excluding carboxylic acids is 1. The molecule has 168 valence electrons. The van der Waals surface area contributed by atoms with E-state index in [1.165, 1.54) is 0 Å². The molecule has 0 saturated carbocycles. The molecule has 1 amide bonds. The number of hydrogen-bond donors (Lipinski definition) is 1. The minimum atomic E-state index is 0.117. The highest BCUT2D eigenvalue weighted by Gasteiger charge is 2.22. The van der Waals surface area contributed by atoms with Crippen LogP contribution in [-0.2, 0) is 11.3 Å². The van der Waals surface area contributed by atoms with Gasteiger partial charge < -0.3 is 15.1 Å². The summed E-state index contributed by atoms with van der Waals surface area (Å²) in [4.78, 5) is 29.3. The van der Waals surface area contributed by atoms with Crippen LogP contribution in [0.1, 0.15) is 16.8 Å². The number of carbonyl (C=O) groups is 1. The monoisotopic (exact) mass is 442 g/mol. The van der Waals surface area contributed by atoms with Crippen LogP contribution in [0.5, 0.6) is 0 Å². The van der Waals surface area contributed by atoms with Gasteiger partial charge in [-0.1, -0.05) is 6.07 Å². The van der Waals surface area contributed by atoms with Crippen molar-refractivity contribution in [2.45, 2.75) is 20.4 Å². The van der Waals surface area contributed by atoms with E-state index in [4.69, 9.17) is 0 Å². The lowest BCUT2D eigenvalue weighted by molar-refractivity contribution is -0.129. The second kappa shape index (κ2) is 8.50. The summed E-state index contributed by atoms with van der Waals surface area (Å²) >= 11 is 0. The molecule has 1 aliphatic heterocycles. The Morgan fingerprint density at radius 3 is 2.70 bits per heavy atom. The Labute approximate surface area is 192 Å². The third-order valence-corrected chi connectivity index (χ3v) is 5.94. The number of nitrogens with one attached hydrogen (secondary N) is 1. The molecule has 4 aromatic heterocycles. The highest BCUT2D eigenvalue weighted by atomic mass is 16.2. The molecular weight excluding hydrogens is 416 g/mol. The van der Waals surface area contributed by atoms with Gasteiger partial charge in [0.05, 0.1) is 35.8 Å². The standard InChI is InChI=1S/C24H26N8O/c1-16-8-18(11-26-23(16)19-4-5-25-17(2)9-19)12-27-24-28-13-21-10-20(14-29-32(21)24)31-7-6-30(3)22(33)15-31/h4-5,8-11,13-14H,6-7,12,15H2,1-3H3,(H,27,28). The smallest absolute Gasteiger partial charge is 0.241 e. The molecule has 9 nitrogen and oxygen atoms in total. The van der Waals surface area contributed by atoms with Gasteiger partial charge in [0, 0.05) is 50.3 Å². The molecule has 0 atom stereocenters. The average Bonchev–Trinajstić information content (AvgIpc) is 3.22. The van der Waals surface area contributed by atoms with E-state index in [9.17, 15) is 4.79 Å². The average molecular weight is 443 g/mol. The second-order valence-corrected chi connectivity index (χ2v) is 8.42. The number of rotatable bonds is 5. The summed E-state index contributed by atoms with van der Waals surface area (Å²) in [6.45, 7) is 6.50. The molecule has 0 unspecified atom stereocenters. The number of piperazine rings is 1. The van der Waals surface area contributed by atoms with Gasteiger partial charge >= 0.3 is 0 Å². The number of aromatic nitrogens is 5. The van der Waals surface area contributed by atoms with E-state index >= 15 is 0 Å². The molecule has 1 saturated heterocycles. The quantitative estimate of drug-likeness (QED) is 0.508. The van der Waals surface area contributed by atoms with Gasteiger partial charge in [0.2, 0.25) is 11.9 Å². The summed E-state index contributed by atoms with van der Waals surface area (Å²) in [7, 11) is 1.83. The third-order valence-electron chi connectivity index (χ3n) is 5.94. The number of amides is 1. The number of anilines is 2. The summed E-state index contributed by atoms with van der Waals surface area (Å²) < 4.78 is 1.77. The zero-order valence-electron chi connectivity index (χ0n) is 19.0. The number of likely N-dealkylation sites (N-methyl/N-ethyl adjacent to an activating group) is 1. The first-order chi connectivity index (χ1) is 16.0. The first-order valence-electron chi connectivity index (χ1n) is 10.9. The van der Waals surface area contributed by atoms with E-state index in [-0.39, 0.29) is 5.91 Å². The van der Waals surface area contributed by atoms with Crippen molar-refractivity contribution in [3.8, 4) is 11.3 Å². The van der Waals surface area contributed by atoms with Crippen molar-refractivity contribution in [3.63, 3.8) is 0 Å². The Morgan fingerprint density at radius 2 is 1.91 bits per heavy atom. The van der Waals surface area contributed by atoms with E-state index in [0.717, 1.165) is 45.8 Å². The Bertz CT molecular complexity index is 1330. The molecule has 5 rings (SSSR count). The number of imidazole rings is 1. The lowest BCUT2D eigenvalue weighted by Crippen LogP contribution is -2.48. The molecule has 0 aliphatic carbocycles. The van der Waals surface area contributed by atoms with Crippen molar-refractivity contribution < 1.29 is 4.79 Å². The van der Waals surface area contributed by atoms with Gasteiger partial charge in [-0.25, -0.2) is 4.98 Å². The SMILES string of the molecule is Cc1cc(-c2ncc(CNc3ncc4cc(N5CCN(C)C(=O)C5)cnn34)cc2C)ccn1. The van der Waals surface area contributed by atoms with Crippen LogP contribution in [0.2, 0.25) is 0 Å². The summed E-state index contributed by atoms with van der Waals surface area (Å²) in [5.41, 5.74) is 6.98. The van der Waals surface area contributed by atoms with Crippen molar-refractivity contribution in [3.05, 3.63) is 65.9 Å². The Morgan fingerprint density at radius 1 is 1.03 bits per heavy atom. The van der Waals surface area contributed by atoms with Gasteiger partial charge in [-0.05, 0) is 43.2 Å². The number of aryl methyl sites for hydroxylation is 2. The van der Waals surface area contributed by atoms with Crippen LogP contribution in [0, 0.1) is 13.8 Å². The van der Waals surface area contributed by atoms with Crippen LogP contribution in [-0.4, -0.2) is 62.1 Å². The molecule has 4 aromatic rings. The zero-order valence-corrected chi connectivity index (χ0v) is 19.0. The van der Waals surface area contributed by atoms with Gasteiger partial charge in [-0.3, -0.25) is 14.8 Å². The molecule has 0 bridgehead atoms. The van der Waals surface area contributed by atoms with Gasteiger partial charge in [0.15, 0.2) is 0 Å². The first kappa shape index (κ1) is 20.9. The number of nitrogens with zero attached hydrogens (tertiary/aromatic N) is 7. The number of hydrogen-bond acceptors (Lipinski definition) is 7. The topological polar surface area (TPSA) is 91.5 Å². The second-order valence-electron chi connectivity index (χ2n) is 8.42. The number of fused-ring (bicyclic) bond motifs is 1. The molecule has 0 aromatic carbocycles.